The van der Waals surface area contributed by atoms with Gasteiger partial charge in [0.05, 0.1) is 19.2 Å². The standard InChI is InChI=1S/C17H14Cl2O4/c1-21-15-6-3-11(9-16(15)22-2)4-8-17(20)23-14-7-5-12(18)10-13(14)19/h3-10H,1-2H3. The molecule has 0 radical (unpaired) electrons. The topological polar surface area (TPSA) is 44.8 Å². The largest absolute Gasteiger partial charge is 0.493 e. The first-order valence-electron chi connectivity index (χ1n) is 6.60. The summed E-state index contributed by atoms with van der Waals surface area (Å²) in [6.07, 6.45) is 2.90. The molecule has 0 spiro atoms. The lowest BCUT2D eigenvalue weighted by atomic mass is 10.2. The van der Waals surface area contributed by atoms with Crippen molar-refractivity contribution in [2.24, 2.45) is 0 Å². The Morgan fingerprint density at radius 1 is 0.957 bits per heavy atom. The second kappa shape index (κ2) is 7.90. The molecule has 4 nitrogen and oxygen atoms in total. The maximum atomic E-state index is 11.8. The highest BCUT2D eigenvalue weighted by atomic mass is 35.5. The lowest BCUT2D eigenvalue weighted by Crippen LogP contribution is -2.04. The van der Waals surface area contributed by atoms with E-state index in [1.807, 2.05) is 0 Å². The van der Waals surface area contributed by atoms with Gasteiger partial charge in [0, 0.05) is 11.1 Å². The van der Waals surface area contributed by atoms with Crippen molar-refractivity contribution in [2.75, 3.05) is 14.2 Å². The Bertz CT molecular complexity index is 741. The lowest BCUT2D eigenvalue weighted by Gasteiger charge is -2.07. The molecule has 0 aromatic heterocycles. The fourth-order valence-corrected chi connectivity index (χ4v) is 2.27. The van der Waals surface area contributed by atoms with E-state index in [0.29, 0.717) is 16.5 Å². The molecule has 6 heteroatoms. The normalized spacial score (nSPS) is 10.6. The van der Waals surface area contributed by atoms with E-state index in [2.05, 4.69) is 0 Å². The van der Waals surface area contributed by atoms with Gasteiger partial charge in [-0.25, -0.2) is 4.79 Å². The van der Waals surface area contributed by atoms with Gasteiger partial charge in [0.15, 0.2) is 11.5 Å². The summed E-state index contributed by atoms with van der Waals surface area (Å²) in [5.74, 6) is 0.881. The molecule has 0 heterocycles. The quantitative estimate of drug-likeness (QED) is 0.447. The molecule has 0 saturated heterocycles. The second-order valence-corrected chi connectivity index (χ2v) is 5.29. The van der Waals surface area contributed by atoms with Crippen LogP contribution in [0.4, 0.5) is 0 Å². The van der Waals surface area contributed by atoms with E-state index in [0.717, 1.165) is 5.56 Å². The van der Waals surface area contributed by atoms with Crippen molar-refractivity contribution < 1.29 is 19.0 Å². The van der Waals surface area contributed by atoms with Crippen molar-refractivity contribution >= 4 is 35.2 Å². The number of benzene rings is 2. The first-order valence-corrected chi connectivity index (χ1v) is 7.36. The zero-order valence-corrected chi connectivity index (χ0v) is 14.0. The van der Waals surface area contributed by atoms with Crippen LogP contribution in [0.2, 0.25) is 10.0 Å². The Balaban J connectivity index is 2.09. The number of hydrogen-bond donors (Lipinski definition) is 0. The molecule has 0 aliphatic carbocycles. The molecule has 0 aliphatic rings. The molecule has 0 fully saturated rings. The summed E-state index contributed by atoms with van der Waals surface area (Å²) >= 11 is 11.7. The first kappa shape index (κ1) is 17.2. The average molecular weight is 353 g/mol. The van der Waals surface area contributed by atoms with E-state index in [9.17, 15) is 4.79 Å². The lowest BCUT2D eigenvalue weighted by molar-refractivity contribution is -0.128. The third kappa shape index (κ3) is 4.65. The van der Waals surface area contributed by atoms with E-state index in [1.54, 1.807) is 44.6 Å². The minimum atomic E-state index is -0.552. The first-order chi connectivity index (χ1) is 11.0. The van der Waals surface area contributed by atoms with E-state index in [-0.39, 0.29) is 10.8 Å². The molecule has 0 aliphatic heterocycles. The Labute approximate surface area is 144 Å². The number of methoxy groups -OCH3 is 2. The highest BCUT2D eigenvalue weighted by Crippen LogP contribution is 2.29. The van der Waals surface area contributed by atoms with Crippen molar-refractivity contribution in [3.63, 3.8) is 0 Å². The Morgan fingerprint density at radius 2 is 1.65 bits per heavy atom. The molecular weight excluding hydrogens is 339 g/mol. The van der Waals surface area contributed by atoms with E-state index >= 15 is 0 Å². The van der Waals surface area contributed by atoms with Crippen LogP contribution < -0.4 is 14.2 Å². The van der Waals surface area contributed by atoms with Gasteiger partial charge in [-0.15, -0.1) is 0 Å². The molecule has 2 rings (SSSR count). The van der Waals surface area contributed by atoms with Crippen LogP contribution >= 0.6 is 23.2 Å². The monoisotopic (exact) mass is 352 g/mol. The van der Waals surface area contributed by atoms with Crippen molar-refractivity contribution in [3.05, 3.63) is 58.1 Å². The number of hydrogen-bond acceptors (Lipinski definition) is 4. The van der Waals surface area contributed by atoms with Gasteiger partial charge in [-0.2, -0.15) is 0 Å². The van der Waals surface area contributed by atoms with Gasteiger partial charge >= 0.3 is 5.97 Å². The maximum absolute atomic E-state index is 11.8. The van der Waals surface area contributed by atoms with Crippen molar-refractivity contribution in [1.29, 1.82) is 0 Å². The van der Waals surface area contributed by atoms with Crippen molar-refractivity contribution in [2.45, 2.75) is 0 Å². The molecule has 0 bridgehead atoms. The molecule has 0 N–H and O–H groups in total. The van der Waals surface area contributed by atoms with Crippen LogP contribution in [-0.2, 0) is 4.79 Å². The van der Waals surface area contributed by atoms with Crippen LogP contribution in [0.1, 0.15) is 5.56 Å². The fraction of sp³-hybridized carbons (Fsp3) is 0.118. The van der Waals surface area contributed by atoms with Crippen LogP contribution in [0.5, 0.6) is 17.2 Å². The summed E-state index contributed by atoms with van der Waals surface area (Å²) < 4.78 is 15.5. The highest BCUT2D eigenvalue weighted by molar-refractivity contribution is 6.35. The van der Waals surface area contributed by atoms with Gasteiger partial charge in [0.25, 0.3) is 0 Å². The van der Waals surface area contributed by atoms with Crippen molar-refractivity contribution in [1.82, 2.24) is 0 Å². The van der Waals surface area contributed by atoms with Gasteiger partial charge in [-0.05, 0) is 42.0 Å². The predicted octanol–water partition coefficient (Wildman–Crippen LogP) is 4.63. The molecule has 0 atom stereocenters. The smallest absolute Gasteiger partial charge is 0.336 e. The Morgan fingerprint density at radius 3 is 2.30 bits per heavy atom. The number of carbonyl (C=O) groups excluding carboxylic acids is 1. The molecule has 2 aromatic carbocycles. The summed E-state index contributed by atoms with van der Waals surface area (Å²) in [4.78, 5) is 11.8. The number of carbonyl (C=O) groups is 1. The average Bonchev–Trinajstić information content (AvgIpc) is 2.55. The minimum Gasteiger partial charge on any atom is -0.493 e. The molecular formula is C17H14Cl2O4. The SMILES string of the molecule is COc1ccc(C=CC(=O)Oc2ccc(Cl)cc2Cl)cc1OC. The Hall–Kier alpha value is -2.17. The van der Waals surface area contributed by atoms with Crippen molar-refractivity contribution in [3.8, 4) is 17.2 Å². The number of halogens is 2. The zero-order valence-electron chi connectivity index (χ0n) is 12.5. The second-order valence-electron chi connectivity index (χ2n) is 4.44. The van der Waals surface area contributed by atoms with Gasteiger partial charge in [0.1, 0.15) is 5.75 Å². The van der Waals surface area contributed by atoms with Crippen LogP contribution in [0.15, 0.2) is 42.5 Å². The summed E-state index contributed by atoms with van der Waals surface area (Å²) in [7, 11) is 3.10. The Kier molecular flexibility index (Phi) is 5.90. The highest BCUT2D eigenvalue weighted by Gasteiger charge is 2.07. The van der Waals surface area contributed by atoms with E-state index in [4.69, 9.17) is 37.4 Å². The number of esters is 1. The summed E-state index contributed by atoms with van der Waals surface area (Å²) in [5, 5.41) is 0.737. The zero-order chi connectivity index (χ0) is 16.8. The maximum Gasteiger partial charge on any atom is 0.336 e. The fourth-order valence-electron chi connectivity index (χ4n) is 1.82. The summed E-state index contributed by atoms with van der Waals surface area (Å²) in [6.45, 7) is 0. The molecule has 23 heavy (non-hydrogen) atoms. The van der Waals surface area contributed by atoms with Crippen LogP contribution in [-0.4, -0.2) is 20.2 Å². The van der Waals surface area contributed by atoms with Crippen LogP contribution in [0.3, 0.4) is 0 Å². The number of ether oxygens (including phenoxy) is 3. The minimum absolute atomic E-state index is 0.248. The molecule has 0 amide bonds. The van der Waals surface area contributed by atoms with Gasteiger partial charge in [-0.1, -0.05) is 29.3 Å². The third-order valence-electron chi connectivity index (χ3n) is 2.92. The van der Waals surface area contributed by atoms with Gasteiger partial charge in [0.2, 0.25) is 0 Å². The molecule has 0 unspecified atom stereocenters. The molecule has 2 aromatic rings. The van der Waals surface area contributed by atoms with Crippen LogP contribution in [0, 0.1) is 0 Å². The molecule has 0 saturated carbocycles. The van der Waals surface area contributed by atoms with E-state index < -0.39 is 5.97 Å². The van der Waals surface area contributed by atoms with Gasteiger partial charge in [-0.3, -0.25) is 0 Å². The molecule has 120 valence electrons. The number of rotatable bonds is 5. The van der Waals surface area contributed by atoms with Gasteiger partial charge < -0.3 is 14.2 Å². The third-order valence-corrected chi connectivity index (χ3v) is 3.45. The summed E-state index contributed by atoms with van der Waals surface area (Å²) in [6, 6.07) is 9.92. The van der Waals surface area contributed by atoms with E-state index in [1.165, 1.54) is 18.2 Å². The summed E-state index contributed by atoms with van der Waals surface area (Å²) in [5.41, 5.74) is 0.766. The predicted molar refractivity (Wildman–Crippen MR) is 90.7 cm³/mol. The van der Waals surface area contributed by atoms with Crippen LogP contribution in [0.25, 0.3) is 6.08 Å².